The lowest BCUT2D eigenvalue weighted by atomic mass is 10.1. The van der Waals surface area contributed by atoms with Crippen molar-refractivity contribution in [2.45, 2.75) is 57.0 Å². The van der Waals surface area contributed by atoms with Gasteiger partial charge in [0.15, 0.2) is 0 Å². The zero-order chi connectivity index (χ0) is 20.7. The molecule has 0 saturated carbocycles. The number of H-pyrrole nitrogens is 1. The molecule has 0 aliphatic carbocycles. The van der Waals surface area contributed by atoms with Gasteiger partial charge in [-0.3, -0.25) is 19.1 Å². The van der Waals surface area contributed by atoms with Crippen molar-refractivity contribution in [2.75, 3.05) is 13.2 Å². The zero-order valence-electron chi connectivity index (χ0n) is 15.6. The second-order valence-electron chi connectivity index (χ2n) is 6.64. The number of nitrogens with zero attached hydrogens (tertiary/aromatic N) is 4. The molecule has 1 aromatic heterocycles. The number of hydrogen-bond acceptors (Lipinski definition) is 8. The largest absolute Gasteiger partial charge is 0.462 e. The van der Waals surface area contributed by atoms with E-state index < -0.39 is 41.6 Å². The average Bonchev–Trinajstić information content (AvgIpc) is 3.05. The number of esters is 1. The molecule has 12 heteroatoms. The van der Waals surface area contributed by atoms with Crippen LogP contribution in [0.25, 0.3) is 10.4 Å². The van der Waals surface area contributed by atoms with E-state index in [2.05, 4.69) is 15.0 Å². The van der Waals surface area contributed by atoms with Gasteiger partial charge in [-0.05, 0) is 31.8 Å². The van der Waals surface area contributed by atoms with Gasteiger partial charge >= 0.3 is 11.7 Å². The van der Waals surface area contributed by atoms with Gasteiger partial charge in [0.1, 0.15) is 25.0 Å². The Kier molecular flexibility index (Phi) is 7.76. The molecule has 2 rings (SSSR count). The summed E-state index contributed by atoms with van der Waals surface area (Å²) in [5, 5.41) is 3.67. The zero-order valence-corrected chi connectivity index (χ0v) is 15.6. The predicted molar refractivity (Wildman–Crippen MR) is 99.4 cm³/mol. The summed E-state index contributed by atoms with van der Waals surface area (Å²) < 4.78 is 12.2. The van der Waals surface area contributed by atoms with Gasteiger partial charge < -0.3 is 20.9 Å². The van der Waals surface area contributed by atoms with Gasteiger partial charge in [0.05, 0.1) is 6.04 Å². The molecule has 4 unspecified atom stereocenters. The number of nitrogens with one attached hydrogen (secondary N) is 1. The summed E-state index contributed by atoms with van der Waals surface area (Å²) in [5.74, 6) is -0.583. The first kappa shape index (κ1) is 21.6. The molecule has 154 valence electrons. The van der Waals surface area contributed by atoms with Gasteiger partial charge in [0.25, 0.3) is 5.56 Å². The third-order valence-corrected chi connectivity index (χ3v) is 4.52. The molecule has 4 atom stereocenters. The third-order valence-electron chi connectivity index (χ3n) is 4.52. The summed E-state index contributed by atoms with van der Waals surface area (Å²) in [6.45, 7) is 1.91. The molecule has 0 radical (unpaired) electrons. The highest BCUT2D eigenvalue weighted by molar-refractivity contribution is 5.75. The van der Waals surface area contributed by atoms with Crippen LogP contribution in [0.3, 0.4) is 0 Å². The van der Waals surface area contributed by atoms with Crippen LogP contribution in [0.15, 0.2) is 20.9 Å². The Morgan fingerprint density at radius 3 is 2.96 bits per heavy atom. The van der Waals surface area contributed by atoms with E-state index in [1.165, 1.54) is 10.8 Å². The monoisotopic (exact) mass is 395 g/mol. The van der Waals surface area contributed by atoms with Crippen LogP contribution in [0.5, 0.6) is 0 Å². The number of carbonyl (C=O) groups is 1. The molecule has 28 heavy (non-hydrogen) atoms. The third kappa shape index (κ3) is 5.42. The highest BCUT2D eigenvalue weighted by atomic mass is 16.6. The van der Waals surface area contributed by atoms with Gasteiger partial charge in [-0.2, -0.15) is 0 Å². The Bertz CT molecular complexity index is 845. The SMILES string of the molecule is Cc1cn(C2CC(N=[N+]=[N-])C(COC(=O)C(N)CCCCN)O2)c(=O)[nH]c1=O. The topological polar surface area (TPSA) is 191 Å². The second kappa shape index (κ2) is 10.0. The summed E-state index contributed by atoms with van der Waals surface area (Å²) >= 11 is 0. The van der Waals surface area contributed by atoms with E-state index in [1.807, 2.05) is 0 Å². The fourth-order valence-electron chi connectivity index (χ4n) is 2.92. The normalized spacial score (nSPS) is 22.5. The first-order valence-corrected chi connectivity index (χ1v) is 9.01. The number of ether oxygens (including phenoxy) is 2. The van der Waals surface area contributed by atoms with Crippen molar-refractivity contribution in [3.63, 3.8) is 0 Å². The number of carbonyl (C=O) groups excluding carboxylic acids is 1. The predicted octanol–water partition coefficient (Wildman–Crippen LogP) is -0.189. The summed E-state index contributed by atoms with van der Waals surface area (Å²) in [4.78, 5) is 40.6. The second-order valence-corrected chi connectivity index (χ2v) is 6.64. The Morgan fingerprint density at radius 2 is 2.29 bits per heavy atom. The fraction of sp³-hybridized carbons (Fsp3) is 0.688. The van der Waals surface area contributed by atoms with Gasteiger partial charge in [-0.15, -0.1) is 0 Å². The van der Waals surface area contributed by atoms with E-state index in [0.717, 1.165) is 6.42 Å². The van der Waals surface area contributed by atoms with E-state index >= 15 is 0 Å². The number of unbranched alkanes of at least 4 members (excludes halogenated alkanes) is 1. The maximum absolute atomic E-state index is 12.0. The lowest BCUT2D eigenvalue weighted by Crippen LogP contribution is -2.36. The van der Waals surface area contributed by atoms with Crippen molar-refractivity contribution in [3.8, 4) is 0 Å². The van der Waals surface area contributed by atoms with Gasteiger partial charge in [0, 0.05) is 23.1 Å². The van der Waals surface area contributed by atoms with E-state index in [1.54, 1.807) is 6.92 Å². The molecule has 0 aromatic carbocycles. The molecule has 0 amide bonds. The fourth-order valence-corrected chi connectivity index (χ4v) is 2.92. The maximum Gasteiger partial charge on any atom is 0.330 e. The van der Waals surface area contributed by atoms with Crippen LogP contribution in [0.1, 0.15) is 37.5 Å². The Labute approximate surface area is 160 Å². The van der Waals surface area contributed by atoms with Gasteiger partial charge in [0.2, 0.25) is 0 Å². The average molecular weight is 395 g/mol. The maximum atomic E-state index is 12.0. The van der Waals surface area contributed by atoms with Crippen molar-refractivity contribution in [2.24, 2.45) is 16.6 Å². The molecule has 0 spiro atoms. The van der Waals surface area contributed by atoms with Crippen LogP contribution in [-0.2, 0) is 14.3 Å². The van der Waals surface area contributed by atoms with E-state index in [9.17, 15) is 14.4 Å². The van der Waals surface area contributed by atoms with Crippen molar-refractivity contribution >= 4 is 5.97 Å². The molecule has 1 aliphatic heterocycles. The van der Waals surface area contributed by atoms with Crippen LogP contribution in [0.4, 0.5) is 0 Å². The first-order valence-electron chi connectivity index (χ1n) is 9.01. The lowest BCUT2D eigenvalue weighted by molar-refractivity contribution is -0.150. The number of aromatic nitrogens is 2. The Balaban J connectivity index is 2.03. The summed E-state index contributed by atoms with van der Waals surface area (Å²) in [6.07, 6.45) is 2.00. The number of aryl methyl sites for hydroxylation is 1. The van der Waals surface area contributed by atoms with Crippen molar-refractivity contribution < 1.29 is 14.3 Å². The first-order chi connectivity index (χ1) is 13.4. The number of rotatable bonds is 9. The van der Waals surface area contributed by atoms with Crippen molar-refractivity contribution in [1.29, 1.82) is 0 Å². The number of aromatic amines is 1. The summed E-state index contributed by atoms with van der Waals surface area (Å²) in [7, 11) is 0. The highest BCUT2D eigenvalue weighted by Crippen LogP contribution is 2.30. The molecule has 2 heterocycles. The number of hydrogen-bond donors (Lipinski definition) is 3. The van der Waals surface area contributed by atoms with Crippen LogP contribution in [0.2, 0.25) is 0 Å². The standard InChI is InChI=1S/C16H25N7O5/c1-9-7-23(16(26)20-14(9)24)13-6-11(21-22-19)12(28-13)8-27-15(25)10(18)4-2-3-5-17/h7,10-13H,2-6,8,17-18H2,1H3,(H,20,24,26). The minimum Gasteiger partial charge on any atom is -0.462 e. The van der Waals surface area contributed by atoms with E-state index in [0.29, 0.717) is 24.9 Å². The molecule has 1 aliphatic rings. The summed E-state index contributed by atoms with van der Waals surface area (Å²) in [5.41, 5.74) is 19.2. The van der Waals surface area contributed by atoms with Gasteiger partial charge in [-0.25, -0.2) is 4.79 Å². The van der Waals surface area contributed by atoms with Crippen molar-refractivity contribution in [3.05, 3.63) is 43.0 Å². The molecule has 1 saturated heterocycles. The van der Waals surface area contributed by atoms with E-state index in [4.69, 9.17) is 26.5 Å². The van der Waals surface area contributed by atoms with Crippen LogP contribution in [-0.4, -0.2) is 46.9 Å². The molecule has 12 nitrogen and oxygen atoms in total. The molecule has 0 bridgehead atoms. The van der Waals surface area contributed by atoms with Gasteiger partial charge in [-0.1, -0.05) is 11.5 Å². The smallest absolute Gasteiger partial charge is 0.330 e. The van der Waals surface area contributed by atoms with Crippen LogP contribution >= 0.6 is 0 Å². The lowest BCUT2D eigenvalue weighted by Gasteiger charge is -2.18. The van der Waals surface area contributed by atoms with Crippen molar-refractivity contribution in [1.82, 2.24) is 9.55 Å². The molecule has 1 fully saturated rings. The highest BCUT2D eigenvalue weighted by Gasteiger charge is 2.37. The Hall–Kier alpha value is -2.66. The minimum absolute atomic E-state index is 0.166. The number of azide groups is 1. The molecular weight excluding hydrogens is 370 g/mol. The van der Waals surface area contributed by atoms with E-state index in [-0.39, 0.29) is 13.0 Å². The van der Waals surface area contributed by atoms with Crippen LogP contribution in [0, 0.1) is 6.92 Å². The quantitative estimate of drug-likeness (QED) is 0.169. The molecule has 5 N–H and O–H groups in total. The molecule has 1 aromatic rings. The number of nitrogens with two attached hydrogens (primary N) is 2. The summed E-state index contributed by atoms with van der Waals surface area (Å²) in [6, 6.07) is -1.42. The van der Waals surface area contributed by atoms with Crippen LogP contribution < -0.4 is 22.7 Å². The molecular formula is C16H25N7O5. The minimum atomic E-state index is -0.772. The Morgan fingerprint density at radius 1 is 1.54 bits per heavy atom.